The zero-order chi connectivity index (χ0) is 7.68. The lowest BCUT2D eigenvalue weighted by Gasteiger charge is -2.31. The van der Waals surface area contributed by atoms with Gasteiger partial charge in [-0.25, -0.2) is 0 Å². The normalized spacial score (nSPS) is 36.3. The first-order valence-electron chi connectivity index (χ1n) is 4.16. The van der Waals surface area contributed by atoms with Crippen LogP contribution in [0.1, 0.15) is 12.8 Å². The Kier molecular flexibility index (Phi) is 1.80. The summed E-state index contributed by atoms with van der Waals surface area (Å²) in [6.07, 6.45) is 7.93. The van der Waals surface area contributed by atoms with Crippen LogP contribution in [0, 0.1) is 0 Å². The molecule has 0 radical (unpaired) electrons. The molecule has 2 N–H and O–H groups in total. The molecule has 0 saturated carbocycles. The number of rotatable bonds is 0. The summed E-state index contributed by atoms with van der Waals surface area (Å²) in [6.45, 7) is 1.03. The lowest BCUT2D eigenvalue weighted by Crippen LogP contribution is -2.44. The van der Waals surface area contributed by atoms with Crippen LogP contribution in [-0.4, -0.2) is 23.8 Å². The van der Waals surface area contributed by atoms with Crippen molar-refractivity contribution in [3.05, 3.63) is 23.8 Å². The zero-order valence-electron chi connectivity index (χ0n) is 6.46. The molecule has 2 nitrogen and oxygen atoms in total. The smallest absolute Gasteiger partial charge is 0.0915 e. The van der Waals surface area contributed by atoms with Crippen LogP contribution in [0.5, 0.6) is 0 Å². The SMILES string of the molecule is OC1C=CC=C2CCCNC21. The van der Waals surface area contributed by atoms with Crippen LogP contribution < -0.4 is 5.32 Å². The second-order valence-electron chi connectivity index (χ2n) is 3.15. The molecule has 0 aromatic rings. The van der Waals surface area contributed by atoms with Gasteiger partial charge in [-0.05, 0) is 19.4 Å². The third-order valence-electron chi connectivity index (χ3n) is 2.37. The van der Waals surface area contributed by atoms with Crippen molar-refractivity contribution in [3.63, 3.8) is 0 Å². The van der Waals surface area contributed by atoms with E-state index in [2.05, 4.69) is 11.4 Å². The Bertz CT molecular complexity index is 208. The highest BCUT2D eigenvalue weighted by Gasteiger charge is 2.24. The van der Waals surface area contributed by atoms with Crippen molar-refractivity contribution in [2.75, 3.05) is 6.54 Å². The van der Waals surface area contributed by atoms with Gasteiger partial charge in [0, 0.05) is 0 Å². The predicted octanol–water partition coefficient (Wildman–Crippen LogP) is 0.595. The third kappa shape index (κ3) is 1.24. The van der Waals surface area contributed by atoms with Crippen molar-refractivity contribution in [1.82, 2.24) is 5.32 Å². The maximum absolute atomic E-state index is 9.51. The number of hydrogen-bond acceptors (Lipinski definition) is 2. The van der Waals surface area contributed by atoms with Crippen LogP contribution in [-0.2, 0) is 0 Å². The van der Waals surface area contributed by atoms with E-state index in [-0.39, 0.29) is 12.1 Å². The van der Waals surface area contributed by atoms with Crippen LogP contribution in [0.25, 0.3) is 0 Å². The van der Waals surface area contributed by atoms with E-state index in [9.17, 15) is 5.11 Å². The number of fused-ring (bicyclic) bond motifs is 1. The van der Waals surface area contributed by atoms with E-state index in [1.165, 1.54) is 12.0 Å². The molecule has 0 bridgehead atoms. The summed E-state index contributed by atoms with van der Waals surface area (Å²) >= 11 is 0. The van der Waals surface area contributed by atoms with Crippen LogP contribution >= 0.6 is 0 Å². The first kappa shape index (κ1) is 7.07. The monoisotopic (exact) mass is 151 g/mol. The fourth-order valence-corrected chi connectivity index (χ4v) is 1.77. The molecule has 1 aliphatic heterocycles. The molecule has 1 aliphatic carbocycles. The summed E-state index contributed by atoms with van der Waals surface area (Å²) in [5.41, 5.74) is 1.35. The van der Waals surface area contributed by atoms with Crippen molar-refractivity contribution in [1.29, 1.82) is 0 Å². The van der Waals surface area contributed by atoms with Crippen LogP contribution in [0.4, 0.5) is 0 Å². The molecule has 1 heterocycles. The highest BCUT2D eigenvalue weighted by Crippen LogP contribution is 2.21. The third-order valence-corrected chi connectivity index (χ3v) is 2.37. The van der Waals surface area contributed by atoms with Crippen molar-refractivity contribution in [2.24, 2.45) is 0 Å². The number of hydrogen-bond donors (Lipinski definition) is 2. The van der Waals surface area contributed by atoms with Crippen molar-refractivity contribution in [3.8, 4) is 0 Å². The van der Waals surface area contributed by atoms with E-state index < -0.39 is 0 Å². The van der Waals surface area contributed by atoms with E-state index in [0.29, 0.717) is 0 Å². The largest absolute Gasteiger partial charge is 0.387 e. The fourth-order valence-electron chi connectivity index (χ4n) is 1.77. The van der Waals surface area contributed by atoms with Crippen LogP contribution in [0.15, 0.2) is 23.8 Å². The summed E-state index contributed by atoms with van der Waals surface area (Å²) in [5.74, 6) is 0. The number of aliphatic hydroxyl groups is 1. The van der Waals surface area contributed by atoms with Gasteiger partial charge in [-0.15, -0.1) is 0 Å². The number of nitrogens with one attached hydrogen (secondary N) is 1. The van der Waals surface area contributed by atoms with E-state index in [1.54, 1.807) is 0 Å². The maximum atomic E-state index is 9.51. The molecule has 0 amide bonds. The molecule has 2 atom stereocenters. The van der Waals surface area contributed by atoms with Crippen molar-refractivity contribution < 1.29 is 5.11 Å². The topological polar surface area (TPSA) is 32.3 Å². The van der Waals surface area contributed by atoms with E-state index >= 15 is 0 Å². The van der Waals surface area contributed by atoms with Gasteiger partial charge >= 0.3 is 0 Å². The van der Waals surface area contributed by atoms with Crippen LogP contribution in [0.3, 0.4) is 0 Å². The molecule has 2 rings (SSSR count). The van der Waals surface area contributed by atoms with Gasteiger partial charge in [0.25, 0.3) is 0 Å². The van der Waals surface area contributed by atoms with Gasteiger partial charge in [-0.1, -0.05) is 23.8 Å². The average molecular weight is 151 g/mol. The highest BCUT2D eigenvalue weighted by molar-refractivity contribution is 5.28. The van der Waals surface area contributed by atoms with Crippen LogP contribution in [0.2, 0.25) is 0 Å². The Morgan fingerprint density at radius 2 is 2.45 bits per heavy atom. The Morgan fingerprint density at radius 3 is 3.27 bits per heavy atom. The van der Waals surface area contributed by atoms with Gasteiger partial charge in [0.15, 0.2) is 0 Å². The molecule has 0 aromatic carbocycles. The lowest BCUT2D eigenvalue weighted by atomic mass is 9.90. The van der Waals surface area contributed by atoms with E-state index in [0.717, 1.165) is 13.0 Å². The quantitative estimate of drug-likeness (QED) is 0.531. The van der Waals surface area contributed by atoms with Gasteiger partial charge in [0.05, 0.1) is 12.1 Å². The van der Waals surface area contributed by atoms with Gasteiger partial charge in [0.2, 0.25) is 0 Å². The minimum Gasteiger partial charge on any atom is -0.387 e. The summed E-state index contributed by atoms with van der Waals surface area (Å²) in [5, 5.41) is 12.8. The Morgan fingerprint density at radius 1 is 1.55 bits per heavy atom. The molecule has 1 fully saturated rings. The second-order valence-corrected chi connectivity index (χ2v) is 3.15. The molecule has 2 heteroatoms. The molecule has 2 unspecified atom stereocenters. The van der Waals surface area contributed by atoms with E-state index in [1.807, 2.05) is 12.2 Å². The molecule has 0 spiro atoms. The first-order chi connectivity index (χ1) is 5.38. The summed E-state index contributed by atoms with van der Waals surface area (Å²) in [6, 6.07) is 0.203. The second kappa shape index (κ2) is 2.80. The van der Waals surface area contributed by atoms with Gasteiger partial charge in [0.1, 0.15) is 0 Å². The van der Waals surface area contributed by atoms with Crippen molar-refractivity contribution >= 4 is 0 Å². The molecule has 2 aliphatic rings. The first-order valence-corrected chi connectivity index (χ1v) is 4.16. The zero-order valence-corrected chi connectivity index (χ0v) is 6.46. The van der Waals surface area contributed by atoms with Gasteiger partial charge < -0.3 is 10.4 Å². The highest BCUT2D eigenvalue weighted by atomic mass is 16.3. The lowest BCUT2D eigenvalue weighted by molar-refractivity contribution is 0.176. The predicted molar refractivity (Wildman–Crippen MR) is 44.3 cm³/mol. The molecule has 0 aromatic heterocycles. The number of allylic oxidation sites excluding steroid dienone is 2. The Balaban J connectivity index is 2.18. The minimum absolute atomic E-state index is 0.203. The standard InChI is InChI=1S/C9H13NO/c11-8-5-1-3-7-4-2-6-10-9(7)8/h1,3,5,8-11H,2,4,6H2. The number of aliphatic hydroxyl groups excluding tert-OH is 1. The summed E-state index contributed by atoms with van der Waals surface area (Å²) < 4.78 is 0. The fraction of sp³-hybridized carbons (Fsp3) is 0.556. The summed E-state index contributed by atoms with van der Waals surface area (Å²) in [7, 11) is 0. The van der Waals surface area contributed by atoms with E-state index in [4.69, 9.17) is 0 Å². The van der Waals surface area contributed by atoms with Gasteiger partial charge in [-0.2, -0.15) is 0 Å². The summed E-state index contributed by atoms with van der Waals surface area (Å²) in [4.78, 5) is 0. The molecule has 60 valence electrons. The minimum atomic E-state index is -0.310. The maximum Gasteiger partial charge on any atom is 0.0915 e. The average Bonchev–Trinajstić information content (AvgIpc) is 2.06. The Labute approximate surface area is 66.6 Å². The van der Waals surface area contributed by atoms with Gasteiger partial charge in [-0.3, -0.25) is 0 Å². The molecule has 11 heavy (non-hydrogen) atoms. The Hall–Kier alpha value is -0.600. The molecular formula is C9H13NO. The number of piperidine rings is 1. The van der Waals surface area contributed by atoms with Crippen molar-refractivity contribution in [2.45, 2.75) is 25.0 Å². The molecular weight excluding hydrogens is 138 g/mol. The molecule has 1 saturated heterocycles.